The van der Waals surface area contributed by atoms with E-state index in [0.717, 1.165) is 0 Å². The predicted octanol–water partition coefficient (Wildman–Crippen LogP) is 3.56. The highest BCUT2D eigenvalue weighted by molar-refractivity contribution is 5.89. The largest absolute Gasteiger partial charge is 0.493 e. The van der Waals surface area contributed by atoms with E-state index < -0.39 is 41.8 Å². The van der Waals surface area contributed by atoms with Crippen molar-refractivity contribution in [3.05, 3.63) is 41.0 Å². The molecule has 1 N–H and O–H groups in total. The molecule has 1 aliphatic rings. The highest BCUT2D eigenvalue weighted by Gasteiger charge is 2.43. The van der Waals surface area contributed by atoms with Gasteiger partial charge in [-0.25, -0.2) is 14.4 Å². The van der Waals surface area contributed by atoms with Crippen LogP contribution in [0.5, 0.6) is 17.2 Å². The van der Waals surface area contributed by atoms with Crippen molar-refractivity contribution in [2.45, 2.75) is 72.4 Å². The van der Waals surface area contributed by atoms with Crippen molar-refractivity contribution in [2.24, 2.45) is 0 Å². The fraction of sp³-hybridized carbons (Fsp3) is 0.500. The zero-order chi connectivity index (χ0) is 27.2. The van der Waals surface area contributed by atoms with E-state index in [0.29, 0.717) is 34.0 Å². The summed E-state index contributed by atoms with van der Waals surface area (Å²) in [5, 5.41) is 10.8. The molecule has 0 fully saturated rings. The maximum Gasteiger partial charge on any atom is 0.342 e. The van der Waals surface area contributed by atoms with Crippen LogP contribution in [0.1, 0.15) is 60.1 Å². The molecular formula is C26H34O10. The number of methoxy groups -OCH3 is 1. The zero-order valence-corrected chi connectivity index (χ0v) is 21.9. The number of ether oxygens (including phenoxy) is 6. The van der Waals surface area contributed by atoms with Crippen LogP contribution < -0.4 is 14.2 Å². The number of aliphatic hydroxyl groups is 1. The van der Waals surface area contributed by atoms with Gasteiger partial charge in [-0.3, -0.25) is 0 Å². The van der Waals surface area contributed by atoms with Crippen LogP contribution in [0.3, 0.4) is 0 Å². The Labute approximate surface area is 210 Å². The van der Waals surface area contributed by atoms with Crippen LogP contribution in [0, 0.1) is 0 Å². The highest BCUT2D eigenvalue weighted by Crippen LogP contribution is 2.44. The first kappa shape index (κ1) is 28.7. The summed E-state index contributed by atoms with van der Waals surface area (Å²) in [6.45, 7) is 10.6. The fourth-order valence-corrected chi connectivity index (χ4v) is 3.08. The fourth-order valence-electron chi connectivity index (χ4n) is 3.08. The van der Waals surface area contributed by atoms with Gasteiger partial charge in [-0.2, -0.15) is 0 Å². The Morgan fingerprint density at radius 3 is 2.14 bits per heavy atom. The molecule has 0 aromatic heterocycles. The van der Waals surface area contributed by atoms with Gasteiger partial charge in [-0.15, -0.1) is 0 Å². The molecule has 2 rings (SSSR count). The number of hydrogen-bond donors (Lipinski definition) is 1. The molecule has 0 unspecified atom stereocenters. The first-order valence-corrected chi connectivity index (χ1v) is 11.5. The minimum atomic E-state index is -2.18. The molecule has 1 aromatic rings. The minimum Gasteiger partial charge on any atom is -0.493 e. The van der Waals surface area contributed by atoms with E-state index >= 15 is 0 Å². The maximum absolute atomic E-state index is 13.0. The zero-order valence-electron chi connectivity index (χ0n) is 21.9. The van der Waals surface area contributed by atoms with Crippen molar-refractivity contribution in [2.75, 3.05) is 13.9 Å². The molecule has 198 valence electrons. The number of rotatable bonds is 10. The van der Waals surface area contributed by atoms with Crippen LogP contribution in [0.4, 0.5) is 0 Å². The van der Waals surface area contributed by atoms with Gasteiger partial charge in [0.05, 0.1) is 7.11 Å². The molecular weight excluding hydrogens is 472 g/mol. The number of hydrogen-bond acceptors (Lipinski definition) is 10. The van der Waals surface area contributed by atoms with Gasteiger partial charge in [-0.1, -0.05) is 12.2 Å². The Kier molecular flexibility index (Phi) is 9.52. The maximum atomic E-state index is 13.0. The summed E-state index contributed by atoms with van der Waals surface area (Å²) < 4.78 is 32.7. The van der Waals surface area contributed by atoms with Gasteiger partial charge in [0.2, 0.25) is 12.5 Å². The second-order valence-corrected chi connectivity index (χ2v) is 8.53. The average Bonchev–Trinajstić information content (AvgIpc) is 3.33. The number of carbonyl (C=O) groups excluding carboxylic acids is 3. The van der Waals surface area contributed by atoms with Gasteiger partial charge >= 0.3 is 17.9 Å². The van der Waals surface area contributed by atoms with Gasteiger partial charge in [0.1, 0.15) is 12.2 Å². The molecule has 4 atom stereocenters. The van der Waals surface area contributed by atoms with Crippen LogP contribution in [-0.4, -0.2) is 54.7 Å². The van der Waals surface area contributed by atoms with Crippen molar-refractivity contribution < 1.29 is 47.9 Å². The third kappa shape index (κ3) is 6.37. The highest BCUT2D eigenvalue weighted by atomic mass is 16.7. The summed E-state index contributed by atoms with van der Waals surface area (Å²) in [4.78, 5) is 37.7. The number of allylic oxidation sites excluding steroid dienone is 2. The summed E-state index contributed by atoms with van der Waals surface area (Å²) in [5.74, 6) is -1.25. The van der Waals surface area contributed by atoms with Crippen molar-refractivity contribution in [1.29, 1.82) is 0 Å². The second kappa shape index (κ2) is 11.9. The SMILES string of the molecule is CC=C(C)C(=O)O[C@@H](c1cc(OC)c2c(c1)OCO2)[C@H](C)OC(=O)[C@@](C)(O)[C@@H](C)OC(=O)C(C)=CC. The van der Waals surface area contributed by atoms with Gasteiger partial charge in [-0.05, 0) is 60.6 Å². The summed E-state index contributed by atoms with van der Waals surface area (Å²) in [5.41, 5.74) is -1.10. The topological polar surface area (TPSA) is 127 Å². The average molecular weight is 507 g/mol. The van der Waals surface area contributed by atoms with Gasteiger partial charge < -0.3 is 33.5 Å². The first-order chi connectivity index (χ1) is 16.9. The summed E-state index contributed by atoms with van der Waals surface area (Å²) in [6.07, 6.45) is -0.252. The van der Waals surface area contributed by atoms with Crippen molar-refractivity contribution in [3.63, 3.8) is 0 Å². The van der Waals surface area contributed by atoms with Crippen LogP contribution in [0.15, 0.2) is 35.4 Å². The lowest BCUT2D eigenvalue weighted by atomic mass is 9.99. The summed E-state index contributed by atoms with van der Waals surface area (Å²) in [6, 6.07) is 3.18. The van der Waals surface area contributed by atoms with Crippen LogP contribution >= 0.6 is 0 Å². The molecule has 10 nitrogen and oxygen atoms in total. The summed E-state index contributed by atoms with van der Waals surface area (Å²) >= 11 is 0. The number of carbonyl (C=O) groups is 3. The van der Waals surface area contributed by atoms with E-state index in [1.807, 2.05) is 0 Å². The smallest absolute Gasteiger partial charge is 0.342 e. The van der Waals surface area contributed by atoms with Crippen molar-refractivity contribution in [3.8, 4) is 17.2 Å². The number of esters is 3. The van der Waals surface area contributed by atoms with E-state index in [-0.39, 0.29) is 6.79 Å². The Hall–Kier alpha value is -3.53. The van der Waals surface area contributed by atoms with E-state index in [1.54, 1.807) is 52.0 Å². The van der Waals surface area contributed by atoms with Gasteiger partial charge in [0.15, 0.2) is 23.2 Å². The Morgan fingerprint density at radius 1 is 1.00 bits per heavy atom. The minimum absolute atomic E-state index is 0.00596. The van der Waals surface area contributed by atoms with Crippen LogP contribution in [-0.2, 0) is 28.6 Å². The van der Waals surface area contributed by atoms with Crippen molar-refractivity contribution >= 4 is 17.9 Å². The third-order valence-corrected chi connectivity index (χ3v) is 5.96. The Balaban J connectivity index is 2.34. The molecule has 0 saturated carbocycles. The van der Waals surface area contributed by atoms with E-state index in [2.05, 4.69) is 0 Å². The molecule has 0 spiro atoms. The Morgan fingerprint density at radius 2 is 1.58 bits per heavy atom. The first-order valence-electron chi connectivity index (χ1n) is 11.5. The van der Waals surface area contributed by atoms with Gasteiger partial charge in [0.25, 0.3) is 0 Å². The van der Waals surface area contributed by atoms with Gasteiger partial charge in [0, 0.05) is 16.7 Å². The predicted molar refractivity (Wildman–Crippen MR) is 129 cm³/mol. The molecule has 0 bridgehead atoms. The molecule has 1 aromatic carbocycles. The quantitative estimate of drug-likeness (QED) is 0.286. The number of fused-ring (bicyclic) bond motifs is 1. The molecule has 0 radical (unpaired) electrons. The lowest BCUT2D eigenvalue weighted by Gasteiger charge is -2.31. The van der Waals surface area contributed by atoms with Crippen LogP contribution in [0.2, 0.25) is 0 Å². The standard InChI is InChI=1S/C26H34O10/c1-9-14(3)23(27)35-17(6)26(7,30)25(29)34-16(5)21(36-24(28)15(4)10-2)18-11-19(31-8)22-20(12-18)32-13-33-22/h9-12,16-17,21,30H,13H2,1-8H3/t16-,17+,21+,26-/m0/s1. The molecule has 0 saturated heterocycles. The lowest BCUT2D eigenvalue weighted by molar-refractivity contribution is -0.192. The monoisotopic (exact) mass is 506 g/mol. The lowest BCUT2D eigenvalue weighted by Crippen LogP contribution is -2.49. The van der Waals surface area contributed by atoms with E-state index in [1.165, 1.54) is 27.9 Å². The Bertz CT molecular complexity index is 1050. The molecule has 0 aliphatic carbocycles. The van der Waals surface area contributed by atoms with E-state index in [9.17, 15) is 19.5 Å². The molecule has 1 heterocycles. The number of benzene rings is 1. The molecule has 1 aliphatic heterocycles. The van der Waals surface area contributed by atoms with Crippen LogP contribution in [0.25, 0.3) is 0 Å². The molecule has 10 heteroatoms. The van der Waals surface area contributed by atoms with Crippen molar-refractivity contribution in [1.82, 2.24) is 0 Å². The molecule has 36 heavy (non-hydrogen) atoms. The van der Waals surface area contributed by atoms with E-state index in [4.69, 9.17) is 28.4 Å². The third-order valence-electron chi connectivity index (χ3n) is 5.96. The normalized spacial score (nSPS) is 17.4. The summed E-state index contributed by atoms with van der Waals surface area (Å²) in [7, 11) is 1.45. The second-order valence-electron chi connectivity index (χ2n) is 8.53. The molecule has 0 amide bonds.